The molecule has 2 heterocycles. The number of carbonyl (C=O) groups excluding carboxylic acids is 1. The van der Waals surface area contributed by atoms with Gasteiger partial charge in [-0.1, -0.05) is 6.92 Å². The fourth-order valence-corrected chi connectivity index (χ4v) is 4.50. The smallest absolute Gasteiger partial charge is 0.251 e. The van der Waals surface area contributed by atoms with Crippen molar-refractivity contribution in [2.75, 3.05) is 26.2 Å². The zero-order valence-corrected chi connectivity index (χ0v) is 17.6. The van der Waals surface area contributed by atoms with E-state index in [0.29, 0.717) is 17.9 Å². The lowest BCUT2D eigenvalue weighted by atomic mass is 9.99. The molecular weight excluding hydrogens is 390 g/mol. The Morgan fingerprint density at radius 3 is 2.55 bits per heavy atom. The number of furan rings is 1. The summed E-state index contributed by atoms with van der Waals surface area (Å²) in [7, 11) is -3.66. The zero-order chi connectivity index (χ0) is 20.7. The Morgan fingerprint density at radius 2 is 1.90 bits per heavy atom. The first-order valence-corrected chi connectivity index (χ1v) is 11.7. The Balaban J connectivity index is 1.43. The van der Waals surface area contributed by atoms with Crippen molar-refractivity contribution >= 4 is 15.9 Å². The third-order valence-electron chi connectivity index (χ3n) is 5.42. The van der Waals surface area contributed by atoms with E-state index in [0.717, 1.165) is 18.9 Å². The van der Waals surface area contributed by atoms with Gasteiger partial charge in [-0.25, -0.2) is 13.1 Å². The highest BCUT2D eigenvalue weighted by Gasteiger charge is 2.18. The first-order valence-electron chi connectivity index (χ1n) is 10.2. The molecule has 1 saturated heterocycles. The van der Waals surface area contributed by atoms with Gasteiger partial charge in [-0.15, -0.1) is 0 Å². The molecule has 3 rings (SSSR count). The monoisotopic (exact) mass is 420 g/mol. The van der Waals surface area contributed by atoms with Gasteiger partial charge in [-0.05, 0) is 55.2 Å². The van der Waals surface area contributed by atoms with Crippen molar-refractivity contribution < 1.29 is 22.5 Å². The molecule has 158 valence electrons. The molecule has 1 aliphatic rings. The Bertz CT molecular complexity index is 871. The minimum atomic E-state index is -3.66. The molecule has 1 fully saturated rings. The first-order chi connectivity index (χ1) is 13.9. The van der Waals surface area contributed by atoms with Crippen LogP contribution in [0.2, 0.25) is 0 Å². The summed E-state index contributed by atoms with van der Waals surface area (Å²) in [5.74, 6) is 1.19. The van der Waals surface area contributed by atoms with Crippen LogP contribution >= 0.6 is 0 Å². The summed E-state index contributed by atoms with van der Waals surface area (Å²) in [6.45, 7) is 6.53. The molecule has 0 atom stereocenters. The lowest BCUT2D eigenvalue weighted by molar-refractivity contribution is -0.906. The molecule has 0 aliphatic carbocycles. The summed E-state index contributed by atoms with van der Waals surface area (Å²) in [4.78, 5) is 14.0. The van der Waals surface area contributed by atoms with Crippen molar-refractivity contribution in [3.05, 3.63) is 54.0 Å². The van der Waals surface area contributed by atoms with Crippen LogP contribution in [0.4, 0.5) is 0 Å². The molecule has 0 unspecified atom stereocenters. The second-order valence-electron chi connectivity index (χ2n) is 7.72. The third-order valence-corrected chi connectivity index (χ3v) is 6.83. The number of likely N-dealkylation sites (tertiary alicyclic amines) is 1. The summed E-state index contributed by atoms with van der Waals surface area (Å²) < 4.78 is 32.3. The van der Waals surface area contributed by atoms with Crippen LogP contribution in [0.15, 0.2) is 52.0 Å². The van der Waals surface area contributed by atoms with E-state index in [1.807, 2.05) is 0 Å². The highest BCUT2D eigenvalue weighted by atomic mass is 32.2. The van der Waals surface area contributed by atoms with E-state index in [4.69, 9.17) is 4.42 Å². The van der Waals surface area contributed by atoms with E-state index in [1.54, 1.807) is 17.0 Å². The SMILES string of the molecule is CC1CC[NH+](CCCNC(=O)c2ccc(S(=O)(=O)NCc3ccco3)cc2)CC1. The minimum absolute atomic E-state index is 0.0789. The first kappa shape index (κ1) is 21.5. The minimum Gasteiger partial charge on any atom is -0.468 e. The number of sulfonamides is 1. The van der Waals surface area contributed by atoms with Gasteiger partial charge in [-0.3, -0.25) is 4.79 Å². The summed E-state index contributed by atoms with van der Waals surface area (Å²) >= 11 is 0. The maximum absolute atomic E-state index is 12.3. The van der Waals surface area contributed by atoms with Crippen molar-refractivity contribution in [1.82, 2.24) is 10.0 Å². The molecule has 7 nitrogen and oxygen atoms in total. The fourth-order valence-electron chi connectivity index (χ4n) is 3.51. The van der Waals surface area contributed by atoms with E-state index in [2.05, 4.69) is 17.0 Å². The molecule has 1 aromatic heterocycles. The van der Waals surface area contributed by atoms with Crippen LogP contribution < -0.4 is 14.9 Å². The Kier molecular flexibility index (Phi) is 7.46. The molecule has 1 amide bonds. The molecule has 29 heavy (non-hydrogen) atoms. The van der Waals surface area contributed by atoms with Crippen LogP contribution in [0.5, 0.6) is 0 Å². The summed E-state index contributed by atoms with van der Waals surface area (Å²) in [6.07, 6.45) is 5.00. The number of nitrogens with one attached hydrogen (secondary N) is 3. The van der Waals surface area contributed by atoms with E-state index in [1.165, 1.54) is 56.5 Å². The van der Waals surface area contributed by atoms with Gasteiger partial charge in [0.25, 0.3) is 5.91 Å². The van der Waals surface area contributed by atoms with Crippen LogP contribution in [0, 0.1) is 5.92 Å². The van der Waals surface area contributed by atoms with Crippen LogP contribution in [-0.2, 0) is 16.6 Å². The lowest BCUT2D eigenvalue weighted by Gasteiger charge is -2.27. The van der Waals surface area contributed by atoms with Gasteiger partial charge in [0.05, 0.1) is 37.3 Å². The van der Waals surface area contributed by atoms with Crippen molar-refractivity contribution in [3.8, 4) is 0 Å². The highest BCUT2D eigenvalue weighted by molar-refractivity contribution is 7.89. The maximum atomic E-state index is 12.3. The average Bonchev–Trinajstić information content (AvgIpc) is 3.25. The number of quaternary nitrogens is 1. The van der Waals surface area contributed by atoms with Gasteiger partial charge < -0.3 is 14.6 Å². The summed E-state index contributed by atoms with van der Waals surface area (Å²) in [5, 5.41) is 2.92. The maximum Gasteiger partial charge on any atom is 0.251 e. The van der Waals surface area contributed by atoms with Gasteiger partial charge in [0.2, 0.25) is 10.0 Å². The van der Waals surface area contributed by atoms with Gasteiger partial charge >= 0.3 is 0 Å². The van der Waals surface area contributed by atoms with Crippen molar-refractivity contribution in [3.63, 3.8) is 0 Å². The van der Waals surface area contributed by atoms with Gasteiger partial charge in [0.15, 0.2) is 0 Å². The van der Waals surface area contributed by atoms with Gasteiger partial charge in [0.1, 0.15) is 5.76 Å². The summed E-state index contributed by atoms with van der Waals surface area (Å²) in [5.41, 5.74) is 0.453. The highest BCUT2D eigenvalue weighted by Crippen LogP contribution is 2.12. The van der Waals surface area contributed by atoms with Crippen LogP contribution in [0.1, 0.15) is 42.3 Å². The van der Waals surface area contributed by atoms with Crippen LogP contribution in [-0.4, -0.2) is 40.5 Å². The standard InChI is InChI=1S/C21H29N3O4S/c1-17-9-13-24(14-10-17)12-3-11-22-21(25)18-5-7-20(8-6-18)29(26,27)23-16-19-4-2-15-28-19/h2,4-8,15,17,23H,3,9-14,16H2,1H3,(H,22,25)/p+1. The second kappa shape index (κ2) is 10.0. The number of amides is 1. The number of rotatable bonds is 9. The second-order valence-corrected chi connectivity index (χ2v) is 9.49. The Morgan fingerprint density at radius 1 is 1.17 bits per heavy atom. The van der Waals surface area contributed by atoms with Crippen molar-refractivity contribution in [2.24, 2.45) is 5.92 Å². The predicted molar refractivity (Wildman–Crippen MR) is 110 cm³/mol. The average molecular weight is 421 g/mol. The molecule has 0 bridgehead atoms. The molecule has 0 saturated carbocycles. The molecule has 1 aromatic carbocycles. The van der Waals surface area contributed by atoms with Gasteiger partial charge in [-0.2, -0.15) is 0 Å². The van der Waals surface area contributed by atoms with Gasteiger partial charge in [0, 0.05) is 18.5 Å². The largest absolute Gasteiger partial charge is 0.468 e. The third kappa shape index (κ3) is 6.42. The lowest BCUT2D eigenvalue weighted by Crippen LogP contribution is -3.13. The van der Waals surface area contributed by atoms with E-state index >= 15 is 0 Å². The van der Waals surface area contributed by atoms with E-state index in [-0.39, 0.29) is 17.3 Å². The number of hydrogen-bond acceptors (Lipinski definition) is 4. The topological polar surface area (TPSA) is 92.9 Å². The van der Waals surface area contributed by atoms with E-state index < -0.39 is 10.0 Å². The van der Waals surface area contributed by atoms with E-state index in [9.17, 15) is 13.2 Å². The number of piperidine rings is 1. The quantitative estimate of drug-likeness (QED) is 0.532. The Hall–Kier alpha value is -2.16. The van der Waals surface area contributed by atoms with Crippen molar-refractivity contribution in [2.45, 2.75) is 37.6 Å². The van der Waals surface area contributed by atoms with Crippen LogP contribution in [0.25, 0.3) is 0 Å². The molecule has 1 aliphatic heterocycles. The molecule has 2 aromatic rings. The molecule has 0 spiro atoms. The number of hydrogen-bond donors (Lipinski definition) is 3. The molecule has 8 heteroatoms. The molecule has 0 radical (unpaired) electrons. The molecular formula is C21H30N3O4S+. The zero-order valence-electron chi connectivity index (χ0n) is 16.8. The Labute approximate surface area is 172 Å². The molecule has 3 N–H and O–H groups in total. The number of carbonyl (C=O) groups is 1. The normalized spacial score (nSPS) is 19.8. The van der Waals surface area contributed by atoms with Crippen molar-refractivity contribution in [1.29, 1.82) is 0 Å². The summed E-state index contributed by atoms with van der Waals surface area (Å²) in [6, 6.07) is 9.35. The number of benzene rings is 1. The fraction of sp³-hybridized carbons (Fsp3) is 0.476. The van der Waals surface area contributed by atoms with Crippen LogP contribution in [0.3, 0.4) is 0 Å². The predicted octanol–water partition coefficient (Wildman–Crippen LogP) is 1.19.